The summed E-state index contributed by atoms with van der Waals surface area (Å²) < 4.78 is 0. The number of carbonyl (C=O) groups excluding carboxylic acids is 2. The lowest BCUT2D eigenvalue weighted by atomic mass is 10.2. The third-order valence-electron chi connectivity index (χ3n) is 2.78. The highest BCUT2D eigenvalue weighted by Crippen LogP contribution is 2.17. The molecule has 2 N–H and O–H groups in total. The third kappa shape index (κ3) is 3.38. The molecule has 0 saturated carbocycles. The van der Waals surface area contributed by atoms with Crippen LogP contribution in [0.15, 0.2) is 53.4 Å². The molecule has 0 atom stereocenters. The van der Waals surface area contributed by atoms with Crippen molar-refractivity contribution in [3.8, 4) is 0 Å². The van der Waals surface area contributed by atoms with Gasteiger partial charge in [-0.1, -0.05) is 12.1 Å². The molecule has 22 heavy (non-hydrogen) atoms. The van der Waals surface area contributed by atoms with Crippen LogP contribution in [0.25, 0.3) is 0 Å². The van der Waals surface area contributed by atoms with Gasteiger partial charge in [-0.3, -0.25) is 14.9 Å². The first-order valence-corrected chi connectivity index (χ1v) is 8.14. The molecule has 0 radical (unpaired) electrons. The molecule has 0 saturated heterocycles. The molecule has 110 valence electrons. The summed E-state index contributed by atoms with van der Waals surface area (Å²) in [6.07, 6.45) is 1.62. The lowest BCUT2D eigenvalue weighted by molar-refractivity contribution is 0.101. The fourth-order valence-corrected chi connectivity index (χ4v) is 2.94. The van der Waals surface area contributed by atoms with Gasteiger partial charge in [-0.05, 0) is 29.6 Å². The van der Waals surface area contributed by atoms with E-state index in [2.05, 4.69) is 15.6 Å². The number of rotatable bonds is 4. The number of thiazole rings is 1. The summed E-state index contributed by atoms with van der Waals surface area (Å²) in [4.78, 5) is 28.8. The van der Waals surface area contributed by atoms with Gasteiger partial charge >= 0.3 is 0 Å². The highest BCUT2D eigenvalue weighted by molar-refractivity contribution is 7.13. The zero-order chi connectivity index (χ0) is 15.4. The summed E-state index contributed by atoms with van der Waals surface area (Å²) in [5.41, 5.74) is 1.03. The van der Waals surface area contributed by atoms with E-state index < -0.39 is 0 Å². The van der Waals surface area contributed by atoms with E-state index >= 15 is 0 Å². The summed E-state index contributed by atoms with van der Waals surface area (Å²) >= 11 is 2.71. The Morgan fingerprint density at radius 3 is 2.59 bits per heavy atom. The van der Waals surface area contributed by atoms with Crippen LogP contribution in [-0.4, -0.2) is 16.8 Å². The largest absolute Gasteiger partial charge is 0.321 e. The van der Waals surface area contributed by atoms with E-state index in [4.69, 9.17) is 0 Å². The summed E-state index contributed by atoms with van der Waals surface area (Å²) in [7, 11) is 0. The van der Waals surface area contributed by atoms with Gasteiger partial charge in [-0.15, -0.1) is 22.7 Å². The molecule has 2 amide bonds. The van der Waals surface area contributed by atoms with E-state index in [9.17, 15) is 9.59 Å². The highest BCUT2D eigenvalue weighted by atomic mass is 32.1. The zero-order valence-corrected chi connectivity index (χ0v) is 12.9. The fourth-order valence-electron chi connectivity index (χ4n) is 1.79. The van der Waals surface area contributed by atoms with Crippen LogP contribution in [-0.2, 0) is 0 Å². The quantitative estimate of drug-likeness (QED) is 0.766. The summed E-state index contributed by atoms with van der Waals surface area (Å²) in [5.74, 6) is -0.449. The van der Waals surface area contributed by atoms with Crippen molar-refractivity contribution in [2.75, 3.05) is 10.6 Å². The molecule has 0 aliphatic rings. The number of nitrogens with zero attached hydrogens (tertiary/aromatic N) is 1. The van der Waals surface area contributed by atoms with Crippen molar-refractivity contribution >= 4 is 45.3 Å². The van der Waals surface area contributed by atoms with E-state index in [-0.39, 0.29) is 11.8 Å². The maximum atomic E-state index is 12.1. The lowest BCUT2D eigenvalue weighted by Gasteiger charge is -2.06. The number of carbonyl (C=O) groups is 2. The molecule has 1 aromatic carbocycles. The van der Waals surface area contributed by atoms with E-state index in [0.29, 0.717) is 21.3 Å². The van der Waals surface area contributed by atoms with E-state index in [1.54, 1.807) is 41.9 Å². The molecule has 7 heteroatoms. The Kier molecular flexibility index (Phi) is 4.27. The number of anilines is 2. The van der Waals surface area contributed by atoms with Crippen LogP contribution in [0, 0.1) is 0 Å². The minimum atomic E-state index is -0.262. The summed E-state index contributed by atoms with van der Waals surface area (Å²) in [5, 5.41) is 9.65. The monoisotopic (exact) mass is 329 g/mol. The Bertz CT molecular complexity index is 783. The van der Waals surface area contributed by atoms with Crippen LogP contribution < -0.4 is 10.6 Å². The number of benzene rings is 1. The molecular formula is C15H11N3O2S2. The van der Waals surface area contributed by atoms with Crippen molar-refractivity contribution in [1.29, 1.82) is 0 Å². The first-order chi connectivity index (χ1) is 10.7. The second kappa shape index (κ2) is 6.50. The zero-order valence-electron chi connectivity index (χ0n) is 11.3. The average molecular weight is 329 g/mol. The smallest absolute Gasteiger partial charge is 0.265 e. The standard InChI is InChI=1S/C15H11N3O2S2/c19-13(18-15-16-6-8-22-15)10-3-1-4-11(9-10)17-14(20)12-5-2-7-21-12/h1-9H,(H,17,20)(H,16,18,19). The number of hydrogen-bond acceptors (Lipinski definition) is 5. The third-order valence-corrected chi connectivity index (χ3v) is 4.34. The molecule has 0 aliphatic carbocycles. The van der Waals surface area contributed by atoms with Crippen LogP contribution in [0.2, 0.25) is 0 Å². The first-order valence-electron chi connectivity index (χ1n) is 6.38. The summed E-state index contributed by atoms with van der Waals surface area (Å²) in [6, 6.07) is 10.3. The van der Waals surface area contributed by atoms with Crippen molar-refractivity contribution in [2.45, 2.75) is 0 Å². The van der Waals surface area contributed by atoms with Gasteiger partial charge in [0.25, 0.3) is 11.8 Å². The molecule has 0 bridgehead atoms. The van der Waals surface area contributed by atoms with Gasteiger partial charge in [-0.2, -0.15) is 0 Å². The van der Waals surface area contributed by atoms with Crippen LogP contribution >= 0.6 is 22.7 Å². The predicted octanol–water partition coefficient (Wildman–Crippen LogP) is 3.71. The first kappa shape index (κ1) is 14.4. The van der Waals surface area contributed by atoms with Crippen LogP contribution in [0.1, 0.15) is 20.0 Å². The van der Waals surface area contributed by atoms with Crippen LogP contribution in [0.3, 0.4) is 0 Å². The maximum absolute atomic E-state index is 12.1. The average Bonchev–Trinajstić information content (AvgIpc) is 3.21. The minimum absolute atomic E-state index is 0.188. The predicted molar refractivity (Wildman–Crippen MR) is 88.8 cm³/mol. The second-order valence-electron chi connectivity index (χ2n) is 4.30. The van der Waals surface area contributed by atoms with Crippen LogP contribution in [0.5, 0.6) is 0 Å². The number of aromatic nitrogens is 1. The molecule has 3 rings (SSSR count). The molecule has 0 aliphatic heterocycles. The summed E-state index contributed by atoms with van der Waals surface area (Å²) in [6.45, 7) is 0. The minimum Gasteiger partial charge on any atom is -0.321 e. The number of thiophene rings is 1. The lowest BCUT2D eigenvalue weighted by Crippen LogP contribution is -2.13. The topological polar surface area (TPSA) is 71.1 Å². The van der Waals surface area contributed by atoms with Gasteiger partial charge in [0, 0.05) is 22.8 Å². The van der Waals surface area contributed by atoms with E-state index in [1.807, 2.05) is 11.4 Å². The molecule has 3 aromatic rings. The number of hydrogen-bond donors (Lipinski definition) is 2. The molecule has 2 aromatic heterocycles. The Morgan fingerprint density at radius 2 is 1.86 bits per heavy atom. The Labute approximate surface area is 134 Å². The van der Waals surface area contributed by atoms with Gasteiger partial charge in [0.05, 0.1) is 4.88 Å². The van der Waals surface area contributed by atoms with E-state index in [0.717, 1.165) is 0 Å². The molecule has 0 spiro atoms. The number of nitrogens with one attached hydrogen (secondary N) is 2. The van der Waals surface area contributed by atoms with Gasteiger partial charge in [-0.25, -0.2) is 4.98 Å². The van der Waals surface area contributed by atoms with Crippen LogP contribution in [0.4, 0.5) is 10.8 Å². The Morgan fingerprint density at radius 1 is 0.955 bits per heavy atom. The Balaban J connectivity index is 1.72. The maximum Gasteiger partial charge on any atom is 0.265 e. The van der Waals surface area contributed by atoms with Gasteiger partial charge < -0.3 is 5.32 Å². The van der Waals surface area contributed by atoms with Crippen molar-refractivity contribution in [3.05, 3.63) is 63.8 Å². The molecular weight excluding hydrogens is 318 g/mol. The van der Waals surface area contributed by atoms with Crippen molar-refractivity contribution < 1.29 is 9.59 Å². The number of amides is 2. The Hall–Kier alpha value is -2.51. The fraction of sp³-hybridized carbons (Fsp3) is 0. The molecule has 0 unspecified atom stereocenters. The normalized spacial score (nSPS) is 10.2. The van der Waals surface area contributed by atoms with Crippen molar-refractivity contribution in [1.82, 2.24) is 4.98 Å². The van der Waals surface area contributed by atoms with Crippen molar-refractivity contribution in [2.24, 2.45) is 0 Å². The van der Waals surface area contributed by atoms with E-state index in [1.165, 1.54) is 22.7 Å². The highest BCUT2D eigenvalue weighted by Gasteiger charge is 2.10. The molecule has 2 heterocycles. The van der Waals surface area contributed by atoms with Crippen molar-refractivity contribution in [3.63, 3.8) is 0 Å². The molecule has 5 nitrogen and oxygen atoms in total. The second-order valence-corrected chi connectivity index (χ2v) is 6.15. The van der Waals surface area contributed by atoms with Gasteiger partial charge in [0.15, 0.2) is 5.13 Å². The van der Waals surface area contributed by atoms with Gasteiger partial charge in [0.2, 0.25) is 0 Å². The SMILES string of the molecule is O=C(Nc1nccs1)c1cccc(NC(=O)c2cccs2)c1. The van der Waals surface area contributed by atoms with Gasteiger partial charge in [0.1, 0.15) is 0 Å². The molecule has 0 fully saturated rings.